The smallest absolute Gasteiger partial charge is 0.0703 e. The normalized spacial score (nSPS) is 23.7. The zero-order valence-electron chi connectivity index (χ0n) is 13.1. The Labute approximate surface area is 128 Å². The molecule has 2 fully saturated rings. The van der Waals surface area contributed by atoms with E-state index in [0.29, 0.717) is 18.7 Å². The molecule has 0 bridgehead atoms. The van der Waals surface area contributed by atoms with Crippen LogP contribution in [0.15, 0.2) is 24.3 Å². The van der Waals surface area contributed by atoms with Crippen LogP contribution in [0.25, 0.3) is 0 Å². The molecule has 1 aliphatic heterocycles. The van der Waals surface area contributed by atoms with Gasteiger partial charge in [0.15, 0.2) is 0 Å². The van der Waals surface area contributed by atoms with Crippen LogP contribution in [0.3, 0.4) is 0 Å². The van der Waals surface area contributed by atoms with Gasteiger partial charge < -0.3 is 10.5 Å². The van der Waals surface area contributed by atoms with Crippen LogP contribution in [0.2, 0.25) is 0 Å². The van der Waals surface area contributed by atoms with Gasteiger partial charge in [0.2, 0.25) is 0 Å². The van der Waals surface area contributed by atoms with Gasteiger partial charge in [-0.2, -0.15) is 0 Å². The topological polar surface area (TPSA) is 38.5 Å². The van der Waals surface area contributed by atoms with Crippen LogP contribution in [0.4, 0.5) is 0 Å². The molecular weight excluding hydrogens is 260 g/mol. The second-order valence-corrected chi connectivity index (χ2v) is 6.38. The molecule has 2 atom stereocenters. The van der Waals surface area contributed by atoms with Crippen molar-refractivity contribution in [3.63, 3.8) is 0 Å². The van der Waals surface area contributed by atoms with Gasteiger partial charge in [-0.15, -0.1) is 0 Å². The highest BCUT2D eigenvalue weighted by atomic mass is 16.5. The van der Waals surface area contributed by atoms with Crippen molar-refractivity contribution in [2.75, 3.05) is 26.2 Å². The molecule has 3 rings (SSSR count). The Morgan fingerprint density at radius 1 is 1.29 bits per heavy atom. The summed E-state index contributed by atoms with van der Waals surface area (Å²) in [5, 5.41) is 0. The largest absolute Gasteiger partial charge is 0.377 e. The molecule has 3 nitrogen and oxygen atoms in total. The Bertz CT molecular complexity index is 452. The standard InChI is InChI=1S/C18H28N2O/c1-2-20(13-15-6-5-11-21-15)18(12-19)17-8-4-3-7-16(17)14-9-10-14/h3-4,7-8,14-15,18H,2,5-6,9-13,19H2,1H3. The summed E-state index contributed by atoms with van der Waals surface area (Å²) in [5.41, 5.74) is 9.14. The van der Waals surface area contributed by atoms with Gasteiger partial charge in [0, 0.05) is 25.7 Å². The molecule has 0 amide bonds. The lowest BCUT2D eigenvalue weighted by atomic mass is 9.95. The van der Waals surface area contributed by atoms with E-state index in [1.54, 1.807) is 0 Å². The van der Waals surface area contributed by atoms with Gasteiger partial charge in [-0.25, -0.2) is 0 Å². The summed E-state index contributed by atoms with van der Waals surface area (Å²) in [6.45, 7) is 5.88. The second kappa shape index (κ2) is 6.91. The van der Waals surface area contributed by atoms with Crippen LogP contribution in [-0.4, -0.2) is 37.2 Å². The van der Waals surface area contributed by atoms with Crippen molar-refractivity contribution < 1.29 is 4.74 Å². The molecule has 1 aromatic rings. The molecule has 21 heavy (non-hydrogen) atoms. The summed E-state index contributed by atoms with van der Waals surface area (Å²) in [6.07, 6.45) is 5.47. The maximum Gasteiger partial charge on any atom is 0.0703 e. The van der Waals surface area contributed by atoms with E-state index in [4.69, 9.17) is 10.5 Å². The average Bonchev–Trinajstić information content (AvgIpc) is 3.24. The van der Waals surface area contributed by atoms with E-state index in [2.05, 4.69) is 36.1 Å². The van der Waals surface area contributed by atoms with Gasteiger partial charge in [-0.3, -0.25) is 4.90 Å². The Morgan fingerprint density at radius 3 is 2.71 bits per heavy atom. The molecular formula is C18H28N2O. The maximum atomic E-state index is 6.16. The minimum atomic E-state index is 0.330. The van der Waals surface area contributed by atoms with Crippen molar-refractivity contribution in [3.8, 4) is 0 Å². The zero-order chi connectivity index (χ0) is 14.7. The number of hydrogen-bond donors (Lipinski definition) is 1. The third kappa shape index (κ3) is 3.47. The van der Waals surface area contributed by atoms with Crippen molar-refractivity contribution >= 4 is 0 Å². The second-order valence-electron chi connectivity index (χ2n) is 6.38. The summed E-state index contributed by atoms with van der Waals surface area (Å²) in [4.78, 5) is 2.51. The molecule has 2 unspecified atom stereocenters. The molecule has 1 saturated carbocycles. The molecule has 2 aliphatic rings. The van der Waals surface area contributed by atoms with Gasteiger partial charge in [0.25, 0.3) is 0 Å². The lowest BCUT2D eigenvalue weighted by Gasteiger charge is -2.33. The van der Waals surface area contributed by atoms with Crippen LogP contribution < -0.4 is 5.73 Å². The molecule has 3 heteroatoms. The van der Waals surface area contributed by atoms with E-state index >= 15 is 0 Å². The van der Waals surface area contributed by atoms with Crippen LogP contribution in [0.1, 0.15) is 55.7 Å². The van der Waals surface area contributed by atoms with Crippen molar-refractivity contribution in [3.05, 3.63) is 35.4 Å². The lowest BCUT2D eigenvalue weighted by molar-refractivity contribution is 0.0600. The van der Waals surface area contributed by atoms with Gasteiger partial charge in [-0.1, -0.05) is 31.2 Å². The summed E-state index contributed by atoms with van der Waals surface area (Å²) in [5.74, 6) is 0.775. The van der Waals surface area contributed by atoms with Crippen molar-refractivity contribution in [2.24, 2.45) is 5.73 Å². The number of hydrogen-bond acceptors (Lipinski definition) is 3. The fraction of sp³-hybridized carbons (Fsp3) is 0.667. The van der Waals surface area contributed by atoms with Crippen molar-refractivity contribution in [1.82, 2.24) is 4.90 Å². The third-order valence-electron chi connectivity index (χ3n) is 4.90. The van der Waals surface area contributed by atoms with Crippen LogP contribution >= 0.6 is 0 Å². The number of likely N-dealkylation sites (N-methyl/N-ethyl adjacent to an activating group) is 1. The minimum absolute atomic E-state index is 0.330. The number of nitrogens with two attached hydrogens (primary N) is 1. The molecule has 0 spiro atoms. The predicted molar refractivity (Wildman–Crippen MR) is 86.4 cm³/mol. The summed E-state index contributed by atoms with van der Waals surface area (Å²) >= 11 is 0. The van der Waals surface area contributed by atoms with Crippen LogP contribution in [0, 0.1) is 0 Å². The first-order valence-corrected chi connectivity index (χ1v) is 8.48. The highest BCUT2D eigenvalue weighted by molar-refractivity contribution is 5.35. The molecule has 1 saturated heterocycles. The molecule has 0 radical (unpaired) electrons. The van der Waals surface area contributed by atoms with Crippen LogP contribution in [-0.2, 0) is 4.74 Å². The molecule has 1 heterocycles. The third-order valence-corrected chi connectivity index (χ3v) is 4.90. The van der Waals surface area contributed by atoms with Gasteiger partial charge in [-0.05, 0) is 49.3 Å². The molecule has 2 N–H and O–H groups in total. The lowest BCUT2D eigenvalue weighted by Crippen LogP contribution is -2.39. The van der Waals surface area contributed by atoms with E-state index < -0.39 is 0 Å². The van der Waals surface area contributed by atoms with Crippen molar-refractivity contribution in [2.45, 2.75) is 50.7 Å². The van der Waals surface area contributed by atoms with Gasteiger partial charge in [0.05, 0.1) is 6.10 Å². The van der Waals surface area contributed by atoms with Gasteiger partial charge in [0.1, 0.15) is 0 Å². The molecule has 1 aliphatic carbocycles. The number of ether oxygens (including phenoxy) is 1. The highest BCUT2D eigenvalue weighted by Gasteiger charge is 2.30. The first-order valence-electron chi connectivity index (χ1n) is 8.48. The summed E-state index contributed by atoms with van der Waals surface area (Å²) < 4.78 is 5.82. The van der Waals surface area contributed by atoms with E-state index in [1.165, 1.54) is 36.8 Å². The fourth-order valence-electron chi connectivity index (χ4n) is 3.58. The van der Waals surface area contributed by atoms with Crippen molar-refractivity contribution in [1.29, 1.82) is 0 Å². The molecule has 0 aromatic heterocycles. The Kier molecular flexibility index (Phi) is 4.94. The Balaban J connectivity index is 1.78. The average molecular weight is 288 g/mol. The molecule has 1 aromatic carbocycles. The van der Waals surface area contributed by atoms with Gasteiger partial charge >= 0.3 is 0 Å². The number of benzene rings is 1. The predicted octanol–water partition coefficient (Wildman–Crippen LogP) is 3.06. The first kappa shape index (κ1) is 15.0. The number of rotatable bonds is 7. The Morgan fingerprint density at radius 2 is 2.10 bits per heavy atom. The Hall–Kier alpha value is -0.900. The first-order chi connectivity index (χ1) is 10.3. The fourth-order valence-corrected chi connectivity index (χ4v) is 3.58. The quantitative estimate of drug-likeness (QED) is 0.838. The monoisotopic (exact) mass is 288 g/mol. The highest BCUT2D eigenvalue weighted by Crippen LogP contribution is 2.43. The van der Waals surface area contributed by atoms with Crippen LogP contribution in [0.5, 0.6) is 0 Å². The minimum Gasteiger partial charge on any atom is -0.377 e. The van der Waals surface area contributed by atoms with E-state index in [1.807, 2.05) is 0 Å². The summed E-state index contributed by atoms with van der Waals surface area (Å²) in [6, 6.07) is 9.24. The number of nitrogens with zero attached hydrogens (tertiary/aromatic N) is 1. The van der Waals surface area contributed by atoms with E-state index in [9.17, 15) is 0 Å². The maximum absolute atomic E-state index is 6.16. The SMILES string of the molecule is CCN(CC1CCCO1)C(CN)c1ccccc1C1CC1. The molecule has 116 valence electrons. The summed E-state index contributed by atoms with van der Waals surface area (Å²) in [7, 11) is 0. The van der Waals surface area contributed by atoms with E-state index in [-0.39, 0.29) is 0 Å². The van der Waals surface area contributed by atoms with E-state index in [0.717, 1.165) is 25.6 Å². The zero-order valence-corrected chi connectivity index (χ0v) is 13.1.